The van der Waals surface area contributed by atoms with Crippen LogP contribution in [0, 0.1) is 5.41 Å². The molecule has 2 rings (SSSR count). The van der Waals surface area contributed by atoms with Crippen LogP contribution in [0.5, 0.6) is 0 Å². The van der Waals surface area contributed by atoms with Crippen LogP contribution in [0.4, 0.5) is 18.9 Å². The van der Waals surface area contributed by atoms with Gasteiger partial charge in [0.2, 0.25) is 5.91 Å². The van der Waals surface area contributed by atoms with E-state index in [1.807, 2.05) is 18.7 Å². The van der Waals surface area contributed by atoms with E-state index >= 15 is 0 Å². The maximum atomic E-state index is 12.9. The lowest BCUT2D eigenvalue weighted by Gasteiger charge is -2.44. The maximum Gasteiger partial charge on any atom is 0.417 e. The van der Waals surface area contributed by atoms with Gasteiger partial charge >= 0.3 is 6.18 Å². The van der Waals surface area contributed by atoms with Crippen LogP contribution in [0.1, 0.15) is 32.8 Å². The van der Waals surface area contributed by atoms with E-state index in [1.165, 1.54) is 6.07 Å². The number of benzene rings is 1. The Bertz CT molecular complexity index is 649. The topological polar surface area (TPSA) is 58.4 Å². The van der Waals surface area contributed by atoms with Crippen LogP contribution >= 0.6 is 11.6 Å². The van der Waals surface area contributed by atoms with E-state index in [4.69, 9.17) is 17.3 Å². The predicted molar refractivity (Wildman–Crippen MR) is 92.5 cm³/mol. The van der Waals surface area contributed by atoms with Gasteiger partial charge in [-0.2, -0.15) is 13.2 Å². The zero-order valence-electron chi connectivity index (χ0n) is 14.5. The van der Waals surface area contributed by atoms with E-state index in [0.717, 1.165) is 18.6 Å². The number of nitrogens with zero attached hydrogens (tertiary/aromatic N) is 1. The number of carbonyl (C=O) groups is 1. The molecule has 1 amide bonds. The Kier molecular flexibility index (Phi) is 5.71. The Morgan fingerprint density at radius 2 is 2.08 bits per heavy atom. The average Bonchev–Trinajstić information content (AvgIpc) is 2.50. The number of hydrogen-bond acceptors (Lipinski definition) is 3. The molecule has 1 fully saturated rings. The number of halogens is 4. The van der Waals surface area contributed by atoms with E-state index < -0.39 is 22.8 Å². The number of piperidine rings is 1. The largest absolute Gasteiger partial charge is 0.417 e. The number of nitrogens with one attached hydrogen (secondary N) is 1. The minimum atomic E-state index is -4.57. The van der Waals surface area contributed by atoms with Crippen molar-refractivity contribution < 1.29 is 18.0 Å². The molecule has 25 heavy (non-hydrogen) atoms. The van der Waals surface area contributed by atoms with Crippen molar-refractivity contribution in [3.8, 4) is 0 Å². The van der Waals surface area contributed by atoms with Crippen molar-refractivity contribution in [3.63, 3.8) is 0 Å². The number of nitrogens with two attached hydrogens (primary N) is 1. The third kappa shape index (κ3) is 4.65. The Morgan fingerprint density at radius 3 is 2.64 bits per heavy atom. The molecule has 0 aromatic heterocycles. The molecule has 140 valence electrons. The van der Waals surface area contributed by atoms with Crippen molar-refractivity contribution in [1.82, 2.24) is 4.90 Å². The van der Waals surface area contributed by atoms with Crippen molar-refractivity contribution in [2.75, 3.05) is 18.4 Å². The molecule has 1 saturated heterocycles. The Hall–Kier alpha value is -1.31. The van der Waals surface area contributed by atoms with Crippen molar-refractivity contribution >= 4 is 23.2 Å². The van der Waals surface area contributed by atoms with E-state index in [0.29, 0.717) is 13.1 Å². The standard InChI is InChI=1S/C17H23ClF3N3O/c1-10(24-7-6-14(22)16(2,3)9-24)15(25)23-11-4-5-13(18)12(8-11)17(19,20)21/h4-5,8,10,14H,6-7,9,22H2,1-3H3,(H,23,25). The average molecular weight is 378 g/mol. The van der Waals surface area contributed by atoms with Crippen LogP contribution in [-0.2, 0) is 11.0 Å². The molecular formula is C17H23ClF3N3O. The molecule has 2 unspecified atom stereocenters. The summed E-state index contributed by atoms with van der Waals surface area (Å²) in [6.07, 6.45) is -3.81. The normalized spacial score (nSPS) is 22.5. The highest BCUT2D eigenvalue weighted by Crippen LogP contribution is 2.36. The summed E-state index contributed by atoms with van der Waals surface area (Å²) in [5.41, 5.74) is 5.07. The molecule has 1 aromatic rings. The second-order valence-electron chi connectivity index (χ2n) is 7.21. The number of carbonyl (C=O) groups excluding carboxylic acids is 1. The quantitative estimate of drug-likeness (QED) is 0.843. The molecule has 1 aromatic carbocycles. The molecule has 0 spiro atoms. The molecule has 1 aliphatic heterocycles. The molecular weight excluding hydrogens is 355 g/mol. The van der Waals surface area contributed by atoms with Crippen LogP contribution in [0.25, 0.3) is 0 Å². The van der Waals surface area contributed by atoms with E-state index in [-0.39, 0.29) is 23.1 Å². The van der Waals surface area contributed by atoms with Crippen molar-refractivity contribution in [2.45, 2.75) is 45.5 Å². The minimum absolute atomic E-state index is 0.0598. The first-order valence-electron chi connectivity index (χ1n) is 8.09. The van der Waals surface area contributed by atoms with Gasteiger partial charge in [-0.15, -0.1) is 0 Å². The number of amides is 1. The second-order valence-corrected chi connectivity index (χ2v) is 7.62. The van der Waals surface area contributed by atoms with Crippen molar-refractivity contribution in [3.05, 3.63) is 28.8 Å². The van der Waals surface area contributed by atoms with Gasteiger partial charge in [0.05, 0.1) is 16.6 Å². The SMILES string of the molecule is CC(C(=O)Nc1ccc(Cl)c(C(F)(F)F)c1)N1CCC(N)C(C)(C)C1. The summed E-state index contributed by atoms with van der Waals surface area (Å²) in [7, 11) is 0. The van der Waals surface area contributed by atoms with Gasteiger partial charge in [0, 0.05) is 24.8 Å². The molecule has 0 bridgehead atoms. The number of anilines is 1. The van der Waals surface area contributed by atoms with Gasteiger partial charge in [0.25, 0.3) is 0 Å². The second kappa shape index (κ2) is 7.13. The Balaban J connectivity index is 2.09. The molecule has 0 saturated carbocycles. The number of hydrogen-bond donors (Lipinski definition) is 2. The van der Waals surface area contributed by atoms with Gasteiger partial charge in [-0.1, -0.05) is 25.4 Å². The smallest absolute Gasteiger partial charge is 0.327 e. The van der Waals surface area contributed by atoms with Crippen LogP contribution < -0.4 is 11.1 Å². The number of rotatable bonds is 3. The summed E-state index contributed by atoms with van der Waals surface area (Å²) in [6, 6.07) is 2.93. The fourth-order valence-electron chi connectivity index (χ4n) is 2.98. The highest BCUT2D eigenvalue weighted by molar-refractivity contribution is 6.31. The fourth-order valence-corrected chi connectivity index (χ4v) is 3.20. The van der Waals surface area contributed by atoms with Crippen molar-refractivity contribution in [1.29, 1.82) is 0 Å². The molecule has 2 atom stereocenters. The molecule has 8 heteroatoms. The molecule has 1 aliphatic rings. The lowest BCUT2D eigenvalue weighted by Crippen LogP contribution is -2.56. The number of likely N-dealkylation sites (tertiary alicyclic amines) is 1. The number of alkyl halides is 3. The van der Waals surface area contributed by atoms with E-state index in [1.54, 1.807) is 6.92 Å². The first-order chi connectivity index (χ1) is 11.4. The van der Waals surface area contributed by atoms with Gasteiger partial charge in [0.1, 0.15) is 0 Å². The summed E-state index contributed by atoms with van der Waals surface area (Å²) >= 11 is 5.59. The van der Waals surface area contributed by atoms with E-state index in [9.17, 15) is 18.0 Å². The third-order valence-electron chi connectivity index (χ3n) is 4.81. The first kappa shape index (κ1) is 20.0. The lowest BCUT2D eigenvalue weighted by atomic mass is 9.79. The Labute approximate surface area is 150 Å². The predicted octanol–water partition coefficient (Wildman–Crippen LogP) is 3.75. The summed E-state index contributed by atoms with van der Waals surface area (Å²) in [4.78, 5) is 14.5. The van der Waals surface area contributed by atoms with Gasteiger partial charge in [-0.05, 0) is 37.0 Å². The van der Waals surface area contributed by atoms with Crippen LogP contribution in [0.15, 0.2) is 18.2 Å². The Morgan fingerprint density at radius 1 is 1.44 bits per heavy atom. The monoisotopic (exact) mass is 377 g/mol. The zero-order chi connectivity index (χ0) is 19.0. The maximum absolute atomic E-state index is 12.9. The van der Waals surface area contributed by atoms with Gasteiger partial charge in [-0.25, -0.2) is 0 Å². The lowest BCUT2D eigenvalue weighted by molar-refractivity contribution is -0.137. The van der Waals surface area contributed by atoms with Crippen LogP contribution in [0.2, 0.25) is 5.02 Å². The molecule has 0 aliphatic carbocycles. The minimum Gasteiger partial charge on any atom is -0.327 e. The molecule has 0 radical (unpaired) electrons. The summed E-state index contributed by atoms with van der Waals surface area (Å²) in [5.74, 6) is -0.360. The summed E-state index contributed by atoms with van der Waals surface area (Å²) < 4.78 is 38.8. The van der Waals surface area contributed by atoms with Crippen LogP contribution in [-0.4, -0.2) is 36.0 Å². The zero-order valence-corrected chi connectivity index (χ0v) is 15.2. The third-order valence-corrected chi connectivity index (χ3v) is 5.14. The highest BCUT2D eigenvalue weighted by Gasteiger charge is 2.37. The van der Waals surface area contributed by atoms with Gasteiger partial charge in [0.15, 0.2) is 0 Å². The molecule has 1 heterocycles. The van der Waals surface area contributed by atoms with Crippen LogP contribution in [0.3, 0.4) is 0 Å². The highest BCUT2D eigenvalue weighted by atomic mass is 35.5. The molecule has 3 N–H and O–H groups in total. The van der Waals surface area contributed by atoms with Gasteiger partial charge < -0.3 is 11.1 Å². The van der Waals surface area contributed by atoms with E-state index in [2.05, 4.69) is 5.32 Å². The summed E-state index contributed by atoms with van der Waals surface area (Å²) in [6.45, 7) is 7.15. The van der Waals surface area contributed by atoms with Gasteiger partial charge in [-0.3, -0.25) is 9.69 Å². The molecule has 4 nitrogen and oxygen atoms in total. The first-order valence-corrected chi connectivity index (χ1v) is 8.47. The fraction of sp³-hybridized carbons (Fsp3) is 0.588. The summed E-state index contributed by atoms with van der Waals surface area (Å²) in [5, 5.41) is 2.15. The van der Waals surface area contributed by atoms with Crippen molar-refractivity contribution in [2.24, 2.45) is 11.1 Å².